The molecule has 3 rings (SSSR count). The molecule has 1 aromatic carbocycles. The van der Waals surface area contributed by atoms with Crippen molar-refractivity contribution in [2.24, 2.45) is 0 Å². The average Bonchev–Trinajstić information content (AvgIpc) is 2.79. The first kappa shape index (κ1) is 12.1. The molecular weight excluding hydrogens is 236 g/mol. The van der Waals surface area contributed by atoms with Crippen LogP contribution in [0.3, 0.4) is 0 Å². The van der Waals surface area contributed by atoms with Crippen molar-refractivity contribution in [2.45, 2.75) is 32.6 Å². The Kier molecular flexibility index (Phi) is 2.39. The molecule has 2 heterocycles. The van der Waals surface area contributed by atoms with Gasteiger partial charge in [0.05, 0.1) is 11.0 Å². The Labute approximate surface area is 113 Å². The lowest BCUT2D eigenvalue weighted by molar-refractivity contribution is 0.632. The lowest BCUT2D eigenvalue weighted by Crippen LogP contribution is -2.25. The maximum Gasteiger partial charge on any atom is 0.198 e. The molecule has 0 radical (unpaired) electrons. The fraction of sp³-hybridized carbons (Fsp3) is 0.400. The Hall–Kier alpha value is -1.97. The first-order chi connectivity index (χ1) is 8.95. The number of aromatic amines is 1. The van der Waals surface area contributed by atoms with Crippen molar-refractivity contribution in [3.05, 3.63) is 30.0 Å². The molecule has 1 aromatic heterocycles. The van der Waals surface area contributed by atoms with Gasteiger partial charge in [-0.2, -0.15) is 0 Å². The van der Waals surface area contributed by atoms with Crippen LogP contribution in [0.5, 0.6) is 0 Å². The van der Waals surface area contributed by atoms with Gasteiger partial charge in [0.25, 0.3) is 0 Å². The van der Waals surface area contributed by atoms with Crippen LogP contribution in [0.1, 0.15) is 32.8 Å². The maximum absolute atomic E-state index is 5.74. The van der Waals surface area contributed by atoms with E-state index >= 15 is 0 Å². The molecule has 0 atom stereocenters. The van der Waals surface area contributed by atoms with E-state index in [2.05, 4.69) is 54.4 Å². The van der Waals surface area contributed by atoms with Crippen LogP contribution in [0.25, 0.3) is 11.0 Å². The Balaban J connectivity index is 2.26. The van der Waals surface area contributed by atoms with E-state index in [1.807, 2.05) is 0 Å². The summed E-state index contributed by atoms with van der Waals surface area (Å²) in [4.78, 5) is 9.74. The molecule has 1 aliphatic heterocycles. The molecule has 0 fully saturated rings. The van der Waals surface area contributed by atoms with Crippen LogP contribution < -0.4 is 10.6 Å². The standard InChI is InChI=1S/C15H20N4/c1-5-6-19-9(2)15(3,4)10-7-11-12(8-13(10)19)18-14(16)17-11/h7-8H,2,5-6H2,1,3-4H3,(H3,16,17,18). The molecule has 0 saturated carbocycles. The minimum atomic E-state index is -0.0431. The smallest absolute Gasteiger partial charge is 0.198 e. The van der Waals surface area contributed by atoms with Gasteiger partial charge in [-0.1, -0.05) is 27.4 Å². The van der Waals surface area contributed by atoms with Crippen molar-refractivity contribution in [3.8, 4) is 0 Å². The molecule has 0 saturated heterocycles. The Bertz CT molecular complexity index is 666. The van der Waals surface area contributed by atoms with Crippen LogP contribution in [0.2, 0.25) is 0 Å². The zero-order valence-electron chi connectivity index (χ0n) is 11.7. The summed E-state index contributed by atoms with van der Waals surface area (Å²) in [5.74, 6) is 0.470. The first-order valence-corrected chi connectivity index (χ1v) is 6.71. The van der Waals surface area contributed by atoms with Gasteiger partial charge in [0, 0.05) is 23.3 Å². The third kappa shape index (κ3) is 1.56. The molecule has 100 valence electrons. The van der Waals surface area contributed by atoms with E-state index in [-0.39, 0.29) is 5.41 Å². The molecule has 0 bridgehead atoms. The molecule has 0 spiro atoms. The topological polar surface area (TPSA) is 57.9 Å². The third-order valence-electron chi connectivity index (χ3n) is 4.08. The highest BCUT2D eigenvalue weighted by atomic mass is 15.2. The molecule has 0 aliphatic carbocycles. The number of rotatable bonds is 2. The van der Waals surface area contributed by atoms with E-state index in [0.29, 0.717) is 5.95 Å². The normalized spacial score (nSPS) is 17.2. The highest BCUT2D eigenvalue weighted by Gasteiger charge is 2.39. The van der Waals surface area contributed by atoms with Gasteiger partial charge < -0.3 is 15.6 Å². The Morgan fingerprint density at radius 2 is 2.16 bits per heavy atom. The highest BCUT2D eigenvalue weighted by molar-refractivity contribution is 5.87. The average molecular weight is 256 g/mol. The number of nitrogens with two attached hydrogens (primary N) is 1. The monoisotopic (exact) mass is 256 g/mol. The summed E-state index contributed by atoms with van der Waals surface area (Å²) in [6.45, 7) is 11.9. The predicted octanol–water partition coefficient (Wildman–Crippen LogP) is 3.17. The van der Waals surface area contributed by atoms with E-state index in [4.69, 9.17) is 5.73 Å². The van der Waals surface area contributed by atoms with Crippen molar-refractivity contribution >= 4 is 22.7 Å². The number of hydrogen-bond donors (Lipinski definition) is 2. The van der Waals surface area contributed by atoms with Crippen LogP contribution in [0, 0.1) is 0 Å². The minimum absolute atomic E-state index is 0.0431. The molecule has 19 heavy (non-hydrogen) atoms. The number of fused-ring (bicyclic) bond motifs is 2. The number of nitrogens with zero attached hydrogens (tertiary/aromatic N) is 2. The summed E-state index contributed by atoms with van der Waals surface area (Å²) in [6.07, 6.45) is 1.09. The molecule has 4 heteroatoms. The summed E-state index contributed by atoms with van der Waals surface area (Å²) in [7, 11) is 0. The van der Waals surface area contributed by atoms with E-state index < -0.39 is 0 Å². The van der Waals surface area contributed by atoms with Gasteiger partial charge in [-0.05, 0) is 24.1 Å². The molecule has 2 aromatic rings. The fourth-order valence-corrected chi connectivity index (χ4v) is 2.91. The van der Waals surface area contributed by atoms with Gasteiger partial charge in [-0.25, -0.2) is 4.98 Å². The first-order valence-electron chi connectivity index (χ1n) is 6.71. The summed E-state index contributed by atoms with van der Waals surface area (Å²) in [5.41, 5.74) is 11.3. The summed E-state index contributed by atoms with van der Waals surface area (Å²) in [5, 5.41) is 0. The van der Waals surface area contributed by atoms with Crippen molar-refractivity contribution in [1.82, 2.24) is 9.97 Å². The zero-order chi connectivity index (χ0) is 13.8. The van der Waals surface area contributed by atoms with Gasteiger partial charge in [-0.3, -0.25) is 0 Å². The number of hydrogen-bond acceptors (Lipinski definition) is 3. The summed E-state index contributed by atoms with van der Waals surface area (Å²) < 4.78 is 0. The molecule has 4 nitrogen and oxygen atoms in total. The van der Waals surface area contributed by atoms with E-state index in [1.54, 1.807) is 0 Å². The van der Waals surface area contributed by atoms with Gasteiger partial charge in [0.15, 0.2) is 5.95 Å². The van der Waals surface area contributed by atoms with Crippen LogP contribution >= 0.6 is 0 Å². The highest BCUT2D eigenvalue weighted by Crippen LogP contribution is 2.48. The number of allylic oxidation sites excluding steroid dienone is 1. The van der Waals surface area contributed by atoms with E-state index in [0.717, 1.165) is 29.7 Å². The van der Waals surface area contributed by atoms with Gasteiger partial charge >= 0.3 is 0 Å². The minimum Gasteiger partial charge on any atom is -0.369 e. The second-order valence-electron chi connectivity index (χ2n) is 5.73. The summed E-state index contributed by atoms with van der Waals surface area (Å²) >= 11 is 0. The van der Waals surface area contributed by atoms with Crippen molar-refractivity contribution in [1.29, 1.82) is 0 Å². The zero-order valence-corrected chi connectivity index (χ0v) is 11.7. The Morgan fingerprint density at radius 3 is 2.84 bits per heavy atom. The number of imidazole rings is 1. The fourth-order valence-electron chi connectivity index (χ4n) is 2.91. The van der Waals surface area contributed by atoms with E-state index in [9.17, 15) is 0 Å². The summed E-state index contributed by atoms with van der Waals surface area (Å²) in [6, 6.07) is 4.28. The number of anilines is 2. The Morgan fingerprint density at radius 1 is 1.42 bits per heavy atom. The molecule has 3 N–H and O–H groups in total. The maximum atomic E-state index is 5.74. The van der Waals surface area contributed by atoms with Gasteiger partial charge in [0.2, 0.25) is 0 Å². The van der Waals surface area contributed by atoms with Crippen molar-refractivity contribution in [3.63, 3.8) is 0 Å². The third-order valence-corrected chi connectivity index (χ3v) is 4.08. The number of nitrogens with one attached hydrogen (secondary N) is 1. The quantitative estimate of drug-likeness (QED) is 0.867. The lowest BCUT2D eigenvalue weighted by Gasteiger charge is -2.25. The number of aromatic nitrogens is 2. The molecular formula is C15H20N4. The molecule has 1 aliphatic rings. The molecule has 0 amide bonds. The van der Waals surface area contributed by atoms with Crippen molar-refractivity contribution in [2.75, 3.05) is 17.2 Å². The molecule has 0 unspecified atom stereocenters. The van der Waals surface area contributed by atoms with Crippen LogP contribution in [0.15, 0.2) is 24.4 Å². The van der Waals surface area contributed by atoms with E-state index in [1.165, 1.54) is 11.3 Å². The second kappa shape index (κ2) is 3.76. The number of nitrogen functional groups attached to an aromatic ring is 1. The largest absolute Gasteiger partial charge is 0.369 e. The second-order valence-corrected chi connectivity index (χ2v) is 5.73. The van der Waals surface area contributed by atoms with Gasteiger partial charge in [0.1, 0.15) is 0 Å². The number of H-pyrrole nitrogens is 1. The van der Waals surface area contributed by atoms with Gasteiger partial charge in [-0.15, -0.1) is 0 Å². The number of benzene rings is 1. The van der Waals surface area contributed by atoms with Crippen LogP contribution in [0.4, 0.5) is 11.6 Å². The predicted molar refractivity (Wildman–Crippen MR) is 80.3 cm³/mol. The lowest BCUT2D eigenvalue weighted by atomic mass is 9.84. The van der Waals surface area contributed by atoms with Crippen LogP contribution in [-0.2, 0) is 5.41 Å². The SMILES string of the molecule is C=C1N(CCC)c2cc3nc(N)[nH]c3cc2C1(C)C. The van der Waals surface area contributed by atoms with Crippen molar-refractivity contribution < 1.29 is 0 Å². The van der Waals surface area contributed by atoms with Crippen LogP contribution in [-0.4, -0.2) is 16.5 Å².